The molecule has 0 radical (unpaired) electrons. The molecule has 1 aliphatic heterocycles. The van der Waals surface area contributed by atoms with Gasteiger partial charge in [-0.2, -0.15) is 4.98 Å². The van der Waals surface area contributed by atoms with E-state index in [9.17, 15) is 15.0 Å². The summed E-state index contributed by atoms with van der Waals surface area (Å²) in [6.07, 6.45) is -0.650. The van der Waals surface area contributed by atoms with Crippen molar-refractivity contribution in [3.05, 3.63) is 16.7 Å². The van der Waals surface area contributed by atoms with Gasteiger partial charge in [-0.15, -0.1) is 0 Å². The Morgan fingerprint density at radius 3 is 3.00 bits per heavy atom. The summed E-state index contributed by atoms with van der Waals surface area (Å²) < 4.78 is 22.0. The first kappa shape index (κ1) is 13.6. The van der Waals surface area contributed by atoms with Gasteiger partial charge in [0.05, 0.1) is 31.1 Å². The van der Waals surface area contributed by atoms with Crippen molar-refractivity contribution in [3.63, 3.8) is 0 Å². The molecule has 10 heteroatoms. The number of fused-ring (bicyclic) bond motifs is 2. The second kappa shape index (κ2) is 4.03. The van der Waals surface area contributed by atoms with Crippen molar-refractivity contribution >= 4 is 17.1 Å². The number of nitrogens with one attached hydrogen (secondary N) is 1. The van der Waals surface area contributed by atoms with Crippen LogP contribution in [0.15, 0.2) is 11.1 Å². The highest BCUT2D eigenvalue weighted by atomic mass is 19.1. The van der Waals surface area contributed by atoms with E-state index in [0.29, 0.717) is 0 Å². The zero-order valence-electron chi connectivity index (χ0n) is 11.4. The van der Waals surface area contributed by atoms with E-state index < -0.39 is 42.2 Å². The predicted molar refractivity (Wildman–Crippen MR) is 71.5 cm³/mol. The summed E-state index contributed by atoms with van der Waals surface area (Å²) in [5.74, 6) is -0.118. The second-order valence-corrected chi connectivity index (χ2v) is 5.79. The van der Waals surface area contributed by atoms with E-state index in [-0.39, 0.29) is 23.5 Å². The summed E-state index contributed by atoms with van der Waals surface area (Å²) in [6.45, 7) is -0.848. The number of aromatic nitrogens is 4. The summed E-state index contributed by atoms with van der Waals surface area (Å²) in [5.41, 5.74) is 2.12. The van der Waals surface area contributed by atoms with Crippen LogP contribution in [-0.4, -0.2) is 54.7 Å². The Balaban J connectivity index is 1.86. The summed E-state index contributed by atoms with van der Waals surface area (Å²) >= 11 is 0. The van der Waals surface area contributed by atoms with Crippen molar-refractivity contribution in [2.45, 2.75) is 24.4 Å². The number of H-pyrrole nitrogens is 1. The molecule has 0 aromatic carbocycles. The topological polar surface area (TPSA) is 139 Å². The number of halogens is 1. The van der Waals surface area contributed by atoms with Gasteiger partial charge in [0.15, 0.2) is 23.1 Å². The van der Waals surface area contributed by atoms with Crippen LogP contribution in [0.3, 0.4) is 0 Å². The highest BCUT2D eigenvalue weighted by Crippen LogP contribution is 2.72. The molecular formula is C12H14FN5O4. The number of hydrogen-bond donors (Lipinski definition) is 4. The predicted octanol–water partition coefficient (Wildman–Crippen LogP) is -1.32. The number of nitrogen functional groups attached to an aromatic ring is 1. The molecule has 1 saturated heterocycles. The third-order valence-corrected chi connectivity index (χ3v) is 4.73. The van der Waals surface area contributed by atoms with E-state index in [1.807, 2.05) is 0 Å². The van der Waals surface area contributed by atoms with Crippen LogP contribution in [0.5, 0.6) is 0 Å². The zero-order chi connectivity index (χ0) is 15.7. The van der Waals surface area contributed by atoms with Gasteiger partial charge in [0.2, 0.25) is 5.95 Å². The smallest absolute Gasteiger partial charge is 0.280 e. The number of aliphatic hydroxyl groups is 2. The molecule has 2 aromatic heterocycles. The number of hydrogen-bond acceptors (Lipinski definition) is 7. The maximum Gasteiger partial charge on any atom is 0.280 e. The Morgan fingerprint density at radius 2 is 2.36 bits per heavy atom. The molecule has 4 rings (SSSR count). The maximum atomic E-state index is 15.1. The van der Waals surface area contributed by atoms with Crippen molar-refractivity contribution in [1.29, 1.82) is 0 Å². The number of imidazole rings is 1. The van der Waals surface area contributed by atoms with Crippen LogP contribution in [0.25, 0.3) is 11.2 Å². The fourth-order valence-electron chi connectivity index (χ4n) is 3.43. The number of rotatable bonds is 3. The molecule has 118 valence electrons. The highest BCUT2D eigenvalue weighted by Gasteiger charge is 2.81. The second-order valence-electron chi connectivity index (χ2n) is 5.79. The molecule has 2 aliphatic rings. The van der Waals surface area contributed by atoms with E-state index in [1.165, 1.54) is 10.9 Å². The lowest BCUT2D eigenvalue weighted by Crippen LogP contribution is -2.29. The minimum absolute atomic E-state index is 0.0177. The SMILES string of the molecule is Nc1nc2c(ncn2[C@@H]2O[C@H](CO)[C@]3(CO)C[C@]23F)c(=O)[nH]1. The van der Waals surface area contributed by atoms with Crippen molar-refractivity contribution < 1.29 is 19.3 Å². The third kappa shape index (κ3) is 1.39. The monoisotopic (exact) mass is 311 g/mol. The van der Waals surface area contributed by atoms with Crippen molar-refractivity contribution in [3.8, 4) is 0 Å². The molecule has 1 saturated carbocycles. The molecule has 0 bridgehead atoms. The molecule has 22 heavy (non-hydrogen) atoms. The first-order chi connectivity index (χ1) is 10.5. The minimum Gasteiger partial charge on any atom is -0.396 e. The summed E-state index contributed by atoms with van der Waals surface area (Å²) in [6, 6.07) is 0. The molecule has 4 atom stereocenters. The lowest BCUT2D eigenvalue weighted by Gasteiger charge is -2.20. The fraction of sp³-hybridized carbons (Fsp3) is 0.583. The summed E-state index contributed by atoms with van der Waals surface area (Å²) in [7, 11) is 0. The largest absolute Gasteiger partial charge is 0.396 e. The van der Waals surface area contributed by atoms with Crippen LogP contribution >= 0.6 is 0 Å². The number of aromatic amines is 1. The fourth-order valence-corrected chi connectivity index (χ4v) is 3.43. The van der Waals surface area contributed by atoms with Crippen LogP contribution < -0.4 is 11.3 Å². The van der Waals surface area contributed by atoms with Gasteiger partial charge < -0.3 is 20.7 Å². The van der Waals surface area contributed by atoms with Crippen molar-refractivity contribution in [1.82, 2.24) is 19.5 Å². The molecule has 2 fully saturated rings. The van der Waals surface area contributed by atoms with Crippen LogP contribution in [0.1, 0.15) is 12.6 Å². The highest BCUT2D eigenvalue weighted by molar-refractivity contribution is 5.70. The maximum absolute atomic E-state index is 15.1. The van der Waals surface area contributed by atoms with Crippen LogP contribution in [0.4, 0.5) is 10.3 Å². The number of nitrogens with two attached hydrogens (primary N) is 1. The van der Waals surface area contributed by atoms with E-state index >= 15 is 4.39 Å². The first-order valence-electron chi connectivity index (χ1n) is 6.75. The number of aliphatic hydroxyl groups excluding tert-OH is 2. The minimum atomic E-state index is -1.85. The standard InChI is InChI=1S/C12H14FN5O4/c13-12-2-11(12,3-20)5(1-19)22-9(12)18-4-15-6-7(18)16-10(14)17-8(6)21/h4-5,9,19-20H,1-3H2,(H3,14,16,17,21)/t5-,9-,11-,12+/m1/s1. The summed E-state index contributed by atoms with van der Waals surface area (Å²) in [5, 5.41) is 18.9. The van der Waals surface area contributed by atoms with E-state index in [0.717, 1.165) is 0 Å². The Kier molecular flexibility index (Phi) is 2.49. The molecule has 0 amide bonds. The molecule has 1 aliphatic carbocycles. The first-order valence-corrected chi connectivity index (χ1v) is 6.75. The molecule has 3 heterocycles. The average molecular weight is 311 g/mol. The van der Waals surface area contributed by atoms with Gasteiger partial charge in [-0.25, -0.2) is 9.37 Å². The molecule has 5 N–H and O–H groups in total. The molecule has 0 spiro atoms. The van der Waals surface area contributed by atoms with E-state index in [1.54, 1.807) is 0 Å². The van der Waals surface area contributed by atoms with Gasteiger partial charge in [-0.3, -0.25) is 14.3 Å². The van der Waals surface area contributed by atoms with E-state index in [4.69, 9.17) is 10.5 Å². The van der Waals surface area contributed by atoms with Gasteiger partial charge >= 0.3 is 0 Å². The third-order valence-electron chi connectivity index (χ3n) is 4.73. The van der Waals surface area contributed by atoms with Crippen LogP contribution in [0, 0.1) is 5.41 Å². The van der Waals surface area contributed by atoms with Gasteiger partial charge in [-0.1, -0.05) is 0 Å². The molecule has 0 unspecified atom stereocenters. The number of anilines is 1. The number of alkyl halides is 1. The normalized spacial score (nSPS) is 36.7. The van der Waals surface area contributed by atoms with Crippen molar-refractivity contribution in [2.75, 3.05) is 18.9 Å². The van der Waals surface area contributed by atoms with Crippen LogP contribution in [-0.2, 0) is 4.74 Å². The molecule has 2 aromatic rings. The van der Waals surface area contributed by atoms with Gasteiger partial charge in [0.1, 0.15) is 0 Å². The molecular weight excluding hydrogens is 297 g/mol. The number of nitrogens with zero attached hydrogens (tertiary/aromatic N) is 3. The lowest BCUT2D eigenvalue weighted by atomic mass is 9.98. The lowest BCUT2D eigenvalue weighted by molar-refractivity contribution is -0.0771. The Labute approximate surface area is 122 Å². The average Bonchev–Trinajstić information content (AvgIpc) is 2.79. The van der Waals surface area contributed by atoms with E-state index in [2.05, 4.69) is 15.0 Å². The molecule has 9 nitrogen and oxygen atoms in total. The van der Waals surface area contributed by atoms with Crippen LogP contribution in [0.2, 0.25) is 0 Å². The Bertz CT molecular complexity index is 821. The summed E-state index contributed by atoms with van der Waals surface area (Å²) in [4.78, 5) is 22.0. The Morgan fingerprint density at radius 1 is 1.59 bits per heavy atom. The quantitative estimate of drug-likeness (QED) is 0.551. The van der Waals surface area contributed by atoms with Crippen molar-refractivity contribution in [2.24, 2.45) is 5.41 Å². The van der Waals surface area contributed by atoms with Gasteiger partial charge in [0, 0.05) is 6.42 Å². The Hall–Kier alpha value is -2.04. The van der Waals surface area contributed by atoms with Gasteiger partial charge in [0.25, 0.3) is 5.56 Å². The van der Waals surface area contributed by atoms with Gasteiger partial charge in [-0.05, 0) is 0 Å². The number of ether oxygens (including phenoxy) is 1. The zero-order valence-corrected chi connectivity index (χ0v) is 11.4.